The second-order valence-corrected chi connectivity index (χ2v) is 11.2. The third-order valence-electron chi connectivity index (χ3n) is 6.64. The zero-order chi connectivity index (χ0) is 26.9. The van der Waals surface area contributed by atoms with Gasteiger partial charge in [0, 0.05) is 12.6 Å². The molecular formula is C29H47N3O4. The van der Waals surface area contributed by atoms with Gasteiger partial charge in [0.05, 0.1) is 0 Å². The summed E-state index contributed by atoms with van der Waals surface area (Å²) in [5.74, 6) is -0.590. The van der Waals surface area contributed by atoms with Crippen LogP contribution in [0.5, 0.6) is 0 Å². The van der Waals surface area contributed by atoms with Crippen molar-refractivity contribution in [1.29, 1.82) is 0 Å². The number of ether oxygens (including phenoxy) is 1. The Kier molecular flexibility index (Phi) is 11.3. The van der Waals surface area contributed by atoms with Crippen LogP contribution in [0, 0.1) is 5.92 Å². The van der Waals surface area contributed by atoms with Crippen LogP contribution in [0.25, 0.3) is 0 Å². The van der Waals surface area contributed by atoms with Crippen molar-refractivity contribution in [2.24, 2.45) is 5.92 Å². The maximum absolute atomic E-state index is 14.1. The largest absolute Gasteiger partial charge is 0.444 e. The molecule has 1 aliphatic rings. The summed E-state index contributed by atoms with van der Waals surface area (Å²) in [6.07, 6.45) is 5.97. The molecule has 3 amide bonds. The molecule has 1 fully saturated rings. The molecule has 0 saturated heterocycles. The summed E-state index contributed by atoms with van der Waals surface area (Å²) in [5.41, 5.74) is 1.29. The number of alkyl carbamates (subject to hydrolysis) is 1. The molecule has 36 heavy (non-hydrogen) atoms. The molecule has 1 aliphatic carbocycles. The van der Waals surface area contributed by atoms with E-state index in [-0.39, 0.29) is 23.8 Å². The smallest absolute Gasteiger partial charge is 0.408 e. The first-order chi connectivity index (χ1) is 17.0. The van der Waals surface area contributed by atoms with E-state index in [9.17, 15) is 14.4 Å². The van der Waals surface area contributed by atoms with Crippen molar-refractivity contribution in [2.45, 2.75) is 117 Å². The summed E-state index contributed by atoms with van der Waals surface area (Å²) in [4.78, 5) is 42.1. The Bertz CT molecular complexity index is 856. The molecule has 0 heterocycles. The summed E-state index contributed by atoms with van der Waals surface area (Å²) in [6, 6.07) is 6.36. The first-order valence-corrected chi connectivity index (χ1v) is 13.7. The van der Waals surface area contributed by atoms with Crippen LogP contribution in [-0.4, -0.2) is 47.0 Å². The average molecular weight is 502 g/mol. The van der Waals surface area contributed by atoms with E-state index in [4.69, 9.17) is 4.74 Å². The van der Waals surface area contributed by atoms with Crippen molar-refractivity contribution < 1.29 is 19.1 Å². The Morgan fingerprint density at radius 2 is 1.69 bits per heavy atom. The molecule has 1 aromatic rings. The van der Waals surface area contributed by atoms with Gasteiger partial charge in [-0.3, -0.25) is 9.59 Å². The van der Waals surface area contributed by atoms with Gasteiger partial charge in [-0.1, -0.05) is 64.8 Å². The maximum Gasteiger partial charge on any atom is 0.408 e. The number of carbonyl (C=O) groups excluding carboxylic acids is 3. The van der Waals surface area contributed by atoms with Gasteiger partial charge in [0.25, 0.3) is 0 Å². The number of unbranched alkanes of at least 4 members (excludes halogenated alkanes) is 2. The second kappa shape index (κ2) is 13.7. The molecule has 7 heteroatoms. The molecular weight excluding hydrogens is 454 g/mol. The minimum Gasteiger partial charge on any atom is -0.444 e. The standard InChI is InChI=1S/C29H47N3O4/c1-8-10-11-19-30-26(33)25(22-17-15-21(9-2)16-18-22)32(23-13-12-14-23)27(34)24(20(3)4)31-28(35)36-29(5,6)7/h15-18,20,23-25H,8-14,19H2,1-7H3,(H,30,33)(H,31,35). The lowest BCUT2D eigenvalue weighted by Gasteiger charge is -2.44. The van der Waals surface area contributed by atoms with Gasteiger partial charge in [0.15, 0.2) is 0 Å². The predicted molar refractivity (Wildman–Crippen MR) is 144 cm³/mol. The summed E-state index contributed by atoms with van der Waals surface area (Å²) >= 11 is 0. The predicted octanol–water partition coefficient (Wildman–Crippen LogP) is 5.53. The van der Waals surface area contributed by atoms with Crippen LogP contribution < -0.4 is 10.6 Å². The van der Waals surface area contributed by atoms with E-state index in [0.717, 1.165) is 50.5 Å². The lowest BCUT2D eigenvalue weighted by molar-refractivity contribution is -0.148. The average Bonchev–Trinajstić information content (AvgIpc) is 2.77. The van der Waals surface area contributed by atoms with E-state index in [0.29, 0.717) is 6.54 Å². The number of carbonyl (C=O) groups is 3. The highest BCUT2D eigenvalue weighted by molar-refractivity contribution is 5.92. The van der Waals surface area contributed by atoms with Gasteiger partial charge in [-0.25, -0.2) is 4.79 Å². The number of benzene rings is 1. The fraction of sp³-hybridized carbons (Fsp3) is 0.690. The van der Waals surface area contributed by atoms with Crippen LogP contribution in [0.3, 0.4) is 0 Å². The zero-order valence-corrected chi connectivity index (χ0v) is 23.4. The molecule has 0 aromatic heterocycles. The van der Waals surface area contributed by atoms with Gasteiger partial charge < -0.3 is 20.3 Å². The number of nitrogens with zero attached hydrogens (tertiary/aromatic N) is 1. The molecule has 2 atom stereocenters. The van der Waals surface area contributed by atoms with Crippen molar-refractivity contribution in [3.8, 4) is 0 Å². The van der Waals surface area contributed by atoms with Gasteiger partial charge in [-0.05, 0) is 69.9 Å². The van der Waals surface area contributed by atoms with Gasteiger partial charge in [0.1, 0.15) is 17.7 Å². The number of hydrogen-bond donors (Lipinski definition) is 2. The Balaban J connectivity index is 2.41. The SMILES string of the molecule is CCCCCNC(=O)C(c1ccc(CC)cc1)N(C(=O)C(NC(=O)OC(C)(C)C)C(C)C)C1CCC1. The van der Waals surface area contributed by atoms with Crippen molar-refractivity contribution in [3.63, 3.8) is 0 Å². The highest BCUT2D eigenvalue weighted by atomic mass is 16.6. The molecule has 7 nitrogen and oxygen atoms in total. The van der Waals surface area contributed by atoms with Crippen molar-refractivity contribution in [2.75, 3.05) is 6.54 Å². The summed E-state index contributed by atoms with van der Waals surface area (Å²) in [5, 5.41) is 5.87. The monoisotopic (exact) mass is 501 g/mol. The van der Waals surface area contributed by atoms with Crippen LogP contribution in [0.4, 0.5) is 4.79 Å². The van der Waals surface area contributed by atoms with Crippen LogP contribution in [-0.2, 0) is 20.7 Å². The number of hydrogen-bond acceptors (Lipinski definition) is 4. The third kappa shape index (κ3) is 8.52. The van der Waals surface area contributed by atoms with Gasteiger partial charge in [0.2, 0.25) is 11.8 Å². The minimum atomic E-state index is -0.800. The summed E-state index contributed by atoms with van der Waals surface area (Å²) in [6.45, 7) is 14.0. The number of aryl methyl sites for hydroxylation is 1. The highest BCUT2D eigenvalue weighted by Gasteiger charge is 2.42. The molecule has 2 rings (SSSR count). The highest BCUT2D eigenvalue weighted by Crippen LogP contribution is 2.34. The number of amides is 3. The van der Waals surface area contributed by atoms with Gasteiger partial charge in [-0.2, -0.15) is 0 Å². The molecule has 0 aliphatic heterocycles. The molecule has 0 bridgehead atoms. The molecule has 0 radical (unpaired) electrons. The molecule has 202 valence electrons. The zero-order valence-electron chi connectivity index (χ0n) is 23.4. The minimum absolute atomic E-state index is 0.0450. The first kappa shape index (κ1) is 29.7. The van der Waals surface area contributed by atoms with E-state index in [1.54, 1.807) is 25.7 Å². The van der Waals surface area contributed by atoms with Crippen LogP contribution in [0.2, 0.25) is 0 Å². The maximum atomic E-state index is 14.1. The van der Waals surface area contributed by atoms with Crippen LogP contribution >= 0.6 is 0 Å². The third-order valence-corrected chi connectivity index (χ3v) is 6.64. The fourth-order valence-electron chi connectivity index (χ4n) is 4.35. The van der Waals surface area contributed by atoms with E-state index in [2.05, 4.69) is 24.5 Å². The van der Waals surface area contributed by atoms with Gasteiger partial charge in [-0.15, -0.1) is 0 Å². The summed E-state index contributed by atoms with van der Waals surface area (Å²) < 4.78 is 5.44. The first-order valence-electron chi connectivity index (χ1n) is 13.7. The van der Waals surface area contributed by atoms with Gasteiger partial charge >= 0.3 is 6.09 Å². The molecule has 1 saturated carbocycles. The Morgan fingerprint density at radius 1 is 1.06 bits per heavy atom. The van der Waals surface area contributed by atoms with E-state index in [1.165, 1.54) is 5.56 Å². The van der Waals surface area contributed by atoms with E-state index >= 15 is 0 Å². The topological polar surface area (TPSA) is 87.7 Å². The van der Waals surface area contributed by atoms with E-state index < -0.39 is 23.8 Å². The molecule has 2 N–H and O–H groups in total. The summed E-state index contributed by atoms with van der Waals surface area (Å²) in [7, 11) is 0. The Labute approximate surface area is 217 Å². The Hall–Kier alpha value is -2.57. The lowest BCUT2D eigenvalue weighted by Crippen LogP contribution is -2.58. The van der Waals surface area contributed by atoms with E-state index in [1.807, 2.05) is 38.1 Å². The molecule has 0 spiro atoms. The van der Waals surface area contributed by atoms with Crippen LogP contribution in [0.15, 0.2) is 24.3 Å². The number of rotatable bonds is 12. The molecule has 1 aromatic carbocycles. The Morgan fingerprint density at radius 3 is 2.17 bits per heavy atom. The van der Waals surface area contributed by atoms with Crippen molar-refractivity contribution in [3.05, 3.63) is 35.4 Å². The fourth-order valence-corrected chi connectivity index (χ4v) is 4.35. The van der Waals surface area contributed by atoms with Crippen molar-refractivity contribution >= 4 is 17.9 Å². The molecule has 2 unspecified atom stereocenters. The normalized spacial score (nSPS) is 15.6. The van der Waals surface area contributed by atoms with Crippen LogP contribution in [0.1, 0.15) is 104 Å². The van der Waals surface area contributed by atoms with Crippen molar-refractivity contribution in [1.82, 2.24) is 15.5 Å². The quantitative estimate of drug-likeness (QED) is 0.369. The second-order valence-electron chi connectivity index (χ2n) is 11.2. The lowest BCUT2D eigenvalue weighted by atomic mass is 9.87. The number of nitrogens with one attached hydrogen (secondary N) is 2.